The first-order valence-electron chi connectivity index (χ1n) is 5.98. The van der Waals surface area contributed by atoms with Crippen LogP contribution >= 0.6 is 0 Å². The van der Waals surface area contributed by atoms with E-state index in [1.807, 2.05) is 0 Å². The Morgan fingerprint density at radius 2 is 2.12 bits per heavy atom. The van der Waals surface area contributed by atoms with Crippen molar-refractivity contribution in [2.45, 2.75) is 25.5 Å². The summed E-state index contributed by atoms with van der Waals surface area (Å²) in [6.45, 7) is 2.53. The first-order chi connectivity index (χ1) is 8.20. The first-order valence-corrected chi connectivity index (χ1v) is 5.98. The van der Waals surface area contributed by atoms with Gasteiger partial charge in [0, 0.05) is 32.3 Å². The second kappa shape index (κ2) is 5.47. The number of methoxy groups -OCH3 is 1. The Labute approximate surface area is 101 Å². The average Bonchev–Trinajstić information content (AvgIpc) is 2.36. The quantitative estimate of drug-likeness (QED) is 0.819. The number of benzene rings is 1. The highest BCUT2D eigenvalue weighted by atomic mass is 19.1. The molecule has 0 atom stereocenters. The predicted molar refractivity (Wildman–Crippen MR) is 66.1 cm³/mol. The number of hydrogen-bond acceptors (Lipinski definition) is 3. The van der Waals surface area contributed by atoms with Gasteiger partial charge in [-0.25, -0.2) is 4.39 Å². The summed E-state index contributed by atoms with van der Waals surface area (Å²) in [4.78, 5) is 2.24. The third kappa shape index (κ3) is 2.96. The number of nitrogens with zero attached hydrogens (tertiary/aromatic N) is 1. The number of hydrogen-bond donors (Lipinski definition) is 1. The van der Waals surface area contributed by atoms with E-state index in [4.69, 9.17) is 10.5 Å². The highest BCUT2D eigenvalue weighted by Gasteiger charge is 2.19. The van der Waals surface area contributed by atoms with Gasteiger partial charge in [-0.3, -0.25) is 4.90 Å². The van der Waals surface area contributed by atoms with E-state index in [-0.39, 0.29) is 11.5 Å². The number of ether oxygens (including phenoxy) is 1. The van der Waals surface area contributed by atoms with Gasteiger partial charge in [0.1, 0.15) is 0 Å². The zero-order valence-electron chi connectivity index (χ0n) is 10.2. The summed E-state index contributed by atoms with van der Waals surface area (Å²) < 4.78 is 19.0. The molecule has 1 aliphatic rings. The largest absolute Gasteiger partial charge is 0.396 e. The molecule has 0 aromatic heterocycles. The number of likely N-dealkylation sites (tertiary alicyclic amines) is 1. The Balaban J connectivity index is 1.95. The molecular formula is C13H19FN2O. The number of nitrogen functional groups attached to an aromatic ring is 1. The summed E-state index contributed by atoms with van der Waals surface area (Å²) in [5.41, 5.74) is 6.47. The summed E-state index contributed by atoms with van der Waals surface area (Å²) in [6, 6.07) is 5.19. The molecule has 1 heterocycles. The molecule has 0 saturated carbocycles. The van der Waals surface area contributed by atoms with Gasteiger partial charge in [-0.2, -0.15) is 0 Å². The Morgan fingerprint density at radius 3 is 2.76 bits per heavy atom. The molecule has 2 N–H and O–H groups in total. The minimum atomic E-state index is -0.277. The van der Waals surface area contributed by atoms with Crippen molar-refractivity contribution in [1.82, 2.24) is 4.90 Å². The molecule has 94 valence electrons. The molecule has 3 nitrogen and oxygen atoms in total. The summed E-state index contributed by atoms with van der Waals surface area (Å²) in [6.07, 6.45) is 2.39. The Bertz CT molecular complexity index is 376. The second-order valence-corrected chi connectivity index (χ2v) is 4.53. The molecule has 0 aliphatic carbocycles. The fourth-order valence-corrected chi connectivity index (χ4v) is 2.27. The van der Waals surface area contributed by atoms with Gasteiger partial charge in [-0.15, -0.1) is 0 Å². The van der Waals surface area contributed by atoms with E-state index in [9.17, 15) is 4.39 Å². The first kappa shape index (κ1) is 12.3. The van der Waals surface area contributed by atoms with Gasteiger partial charge < -0.3 is 10.5 Å². The van der Waals surface area contributed by atoms with E-state index in [1.165, 1.54) is 0 Å². The highest BCUT2D eigenvalue weighted by Crippen LogP contribution is 2.19. The fourth-order valence-electron chi connectivity index (χ4n) is 2.27. The van der Waals surface area contributed by atoms with Crippen molar-refractivity contribution in [2.24, 2.45) is 0 Å². The van der Waals surface area contributed by atoms with Crippen LogP contribution in [-0.4, -0.2) is 31.2 Å². The van der Waals surface area contributed by atoms with Crippen LogP contribution in [0.4, 0.5) is 10.1 Å². The van der Waals surface area contributed by atoms with Crippen molar-refractivity contribution in [3.05, 3.63) is 29.6 Å². The van der Waals surface area contributed by atoms with Crippen molar-refractivity contribution in [3.8, 4) is 0 Å². The third-order valence-corrected chi connectivity index (χ3v) is 3.37. The van der Waals surface area contributed by atoms with Gasteiger partial charge in [0.25, 0.3) is 0 Å². The van der Waals surface area contributed by atoms with Crippen molar-refractivity contribution in [2.75, 3.05) is 25.9 Å². The molecule has 1 fully saturated rings. The van der Waals surface area contributed by atoms with Gasteiger partial charge in [0.2, 0.25) is 0 Å². The lowest BCUT2D eigenvalue weighted by molar-refractivity contribution is 0.0386. The van der Waals surface area contributed by atoms with E-state index in [0.29, 0.717) is 18.2 Å². The average molecular weight is 238 g/mol. The van der Waals surface area contributed by atoms with Crippen molar-refractivity contribution in [1.29, 1.82) is 0 Å². The highest BCUT2D eigenvalue weighted by molar-refractivity contribution is 5.42. The Kier molecular flexibility index (Phi) is 3.97. The van der Waals surface area contributed by atoms with E-state index >= 15 is 0 Å². The molecule has 0 radical (unpaired) electrons. The molecular weight excluding hydrogens is 219 g/mol. The molecule has 0 bridgehead atoms. The van der Waals surface area contributed by atoms with E-state index < -0.39 is 0 Å². The maximum atomic E-state index is 13.7. The van der Waals surface area contributed by atoms with Crippen LogP contribution in [0.25, 0.3) is 0 Å². The van der Waals surface area contributed by atoms with Crippen LogP contribution in [-0.2, 0) is 11.3 Å². The third-order valence-electron chi connectivity index (χ3n) is 3.37. The van der Waals surface area contributed by atoms with E-state index in [2.05, 4.69) is 4.90 Å². The number of piperidine rings is 1. The molecule has 4 heteroatoms. The molecule has 1 saturated heterocycles. The van der Waals surface area contributed by atoms with E-state index in [1.54, 1.807) is 25.3 Å². The minimum Gasteiger partial charge on any atom is -0.396 e. The minimum absolute atomic E-state index is 0.231. The van der Waals surface area contributed by atoms with Crippen LogP contribution in [0.1, 0.15) is 18.4 Å². The van der Waals surface area contributed by atoms with Crippen molar-refractivity contribution in [3.63, 3.8) is 0 Å². The van der Waals surface area contributed by atoms with Gasteiger partial charge >= 0.3 is 0 Å². The number of rotatable bonds is 3. The van der Waals surface area contributed by atoms with Crippen molar-refractivity contribution >= 4 is 5.69 Å². The molecule has 1 aromatic rings. The van der Waals surface area contributed by atoms with Gasteiger partial charge in [0.05, 0.1) is 11.8 Å². The molecule has 0 amide bonds. The lowest BCUT2D eigenvalue weighted by Gasteiger charge is -2.31. The lowest BCUT2D eigenvalue weighted by Crippen LogP contribution is -2.36. The predicted octanol–water partition coefficient (Wildman–Crippen LogP) is 2.02. The van der Waals surface area contributed by atoms with Gasteiger partial charge in [-0.1, -0.05) is 12.1 Å². The normalized spacial score (nSPS) is 18.5. The van der Waals surface area contributed by atoms with Gasteiger partial charge in [-0.05, 0) is 18.9 Å². The van der Waals surface area contributed by atoms with Crippen molar-refractivity contribution < 1.29 is 9.13 Å². The summed E-state index contributed by atoms with van der Waals surface area (Å²) in [5.74, 6) is -0.277. The lowest BCUT2D eigenvalue weighted by atomic mass is 10.1. The zero-order chi connectivity index (χ0) is 12.3. The van der Waals surface area contributed by atoms with Crippen LogP contribution in [0, 0.1) is 5.82 Å². The SMILES string of the molecule is COC1CCN(Cc2cccc(N)c2F)CC1. The fraction of sp³-hybridized carbons (Fsp3) is 0.538. The Morgan fingerprint density at radius 1 is 1.41 bits per heavy atom. The molecule has 2 rings (SSSR count). The van der Waals surface area contributed by atoms with Gasteiger partial charge in [0.15, 0.2) is 5.82 Å². The number of nitrogens with two attached hydrogens (primary N) is 1. The molecule has 0 unspecified atom stereocenters. The van der Waals surface area contributed by atoms with Crippen LogP contribution in [0.3, 0.4) is 0 Å². The summed E-state index contributed by atoms with van der Waals surface area (Å²) >= 11 is 0. The van der Waals surface area contributed by atoms with Crippen LogP contribution in [0.5, 0.6) is 0 Å². The topological polar surface area (TPSA) is 38.5 Å². The number of anilines is 1. The van der Waals surface area contributed by atoms with E-state index in [0.717, 1.165) is 25.9 Å². The summed E-state index contributed by atoms with van der Waals surface area (Å²) in [5, 5.41) is 0. The maximum absolute atomic E-state index is 13.7. The maximum Gasteiger partial charge on any atom is 0.150 e. The molecule has 1 aromatic carbocycles. The molecule has 1 aliphatic heterocycles. The van der Waals surface area contributed by atoms with Crippen LogP contribution in [0.2, 0.25) is 0 Å². The monoisotopic (exact) mass is 238 g/mol. The van der Waals surface area contributed by atoms with Crippen LogP contribution in [0.15, 0.2) is 18.2 Å². The number of halogens is 1. The molecule has 0 spiro atoms. The van der Waals surface area contributed by atoms with Crippen LogP contribution < -0.4 is 5.73 Å². The standard InChI is InChI=1S/C13H19FN2O/c1-17-11-5-7-16(8-6-11)9-10-3-2-4-12(15)13(10)14/h2-4,11H,5-9,15H2,1H3. The zero-order valence-corrected chi connectivity index (χ0v) is 10.2. The summed E-state index contributed by atoms with van der Waals surface area (Å²) in [7, 11) is 1.75. The second-order valence-electron chi connectivity index (χ2n) is 4.53. The Hall–Kier alpha value is -1.13. The molecule has 17 heavy (non-hydrogen) atoms. The smallest absolute Gasteiger partial charge is 0.150 e.